The summed E-state index contributed by atoms with van der Waals surface area (Å²) in [6.07, 6.45) is 0. The molecule has 12 rings (SSSR count). The number of hydrogen-bond acceptors (Lipinski definition) is 1. The van der Waals surface area contributed by atoms with Crippen LogP contribution in [0.4, 0.5) is 17.1 Å². The third-order valence-electron chi connectivity index (χ3n) is 14.1. The highest BCUT2D eigenvalue weighted by molar-refractivity contribution is 6.28. The number of benzene rings is 9. The minimum absolute atomic E-state index is 0.153. The molecule has 10 aromatic carbocycles. The van der Waals surface area contributed by atoms with Crippen LogP contribution in [0.15, 0.2) is 200 Å². The van der Waals surface area contributed by atoms with Crippen LogP contribution in [0.2, 0.25) is 0 Å². The highest BCUT2D eigenvalue weighted by atomic mass is 15.1. The molecule has 0 spiro atoms. The smallest absolute Gasteiger partial charge is 0.0546 e. The van der Waals surface area contributed by atoms with Crippen LogP contribution < -0.4 is 4.90 Å². The van der Waals surface area contributed by atoms with E-state index in [1.54, 1.807) is 0 Å². The average Bonchev–Trinajstić information content (AvgIpc) is 3.68. The van der Waals surface area contributed by atoms with Crippen molar-refractivity contribution < 1.29 is 0 Å². The van der Waals surface area contributed by atoms with Gasteiger partial charge >= 0.3 is 0 Å². The first-order valence-corrected chi connectivity index (χ1v) is 21.6. The van der Waals surface area contributed by atoms with Crippen molar-refractivity contribution in [2.75, 3.05) is 4.90 Å². The van der Waals surface area contributed by atoms with Crippen LogP contribution in [-0.4, -0.2) is 0 Å². The molecule has 290 valence electrons. The molecule has 0 aliphatic heterocycles. The summed E-state index contributed by atoms with van der Waals surface area (Å²) in [6, 6.07) is 75.3. The molecule has 0 aromatic heterocycles. The average molecular weight is 780 g/mol. The minimum Gasteiger partial charge on any atom is -0.310 e. The largest absolute Gasteiger partial charge is 0.310 e. The van der Waals surface area contributed by atoms with Crippen molar-refractivity contribution in [3.8, 4) is 22.3 Å². The van der Waals surface area contributed by atoms with Gasteiger partial charge < -0.3 is 4.90 Å². The highest BCUT2D eigenvalue weighted by Crippen LogP contribution is 2.54. The van der Waals surface area contributed by atoms with E-state index in [1.807, 2.05) is 0 Å². The van der Waals surface area contributed by atoms with Crippen molar-refractivity contribution in [3.63, 3.8) is 0 Å². The van der Waals surface area contributed by atoms with Gasteiger partial charge in [0.1, 0.15) is 0 Å². The quantitative estimate of drug-likeness (QED) is 0.173. The van der Waals surface area contributed by atoms with Crippen molar-refractivity contribution in [1.29, 1.82) is 0 Å². The zero-order valence-electron chi connectivity index (χ0n) is 35.0. The summed E-state index contributed by atoms with van der Waals surface area (Å²) in [5.41, 5.74) is 13.9. The van der Waals surface area contributed by atoms with E-state index in [-0.39, 0.29) is 10.8 Å². The standard InChI is InChI=1S/C60H45N/c1-59(2)53-29-15-13-25-47(53)49-34-32-38(36-55(49)59)61(39-33-35-50-48-26-14-16-30-54(48)60(3,4)56(50)37-39)57-31-17-28-52-46-23-10-9-22-44(46)42-19-6-5-18-40(42)41-20-7-8-21-43(41)45-24-11-12-27-51(45)58(52)57/h5-37H,1-4H3. The van der Waals surface area contributed by atoms with Gasteiger partial charge in [-0.15, -0.1) is 0 Å². The first-order valence-electron chi connectivity index (χ1n) is 21.6. The van der Waals surface area contributed by atoms with Gasteiger partial charge in [-0.2, -0.15) is 0 Å². The van der Waals surface area contributed by atoms with E-state index < -0.39 is 0 Å². The SMILES string of the molecule is CC1(C)c2ccccc2-c2ccc(N(c3ccc4c(c3)C(C)(C)c3ccccc3-4)c3cccc4c5ccccc5c5ccccc5c5ccccc5c5ccccc5c34)cc21. The van der Waals surface area contributed by atoms with Gasteiger partial charge in [0.15, 0.2) is 0 Å². The predicted octanol–water partition coefficient (Wildman–Crippen LogP) is 16.7. The van der Waals surface area contributed by atoms with Crippen molar-refractivity contribution in [3.05, 3.63) is 222 Å². The topological polar surface area (TPSA) is 3.24 Å². The van der Waals surface area contributed by atoms with Gasteiger partial charge in [0.2, 0.25) is 0 Å². The lowest BCUT2D eigenvalue weighted by Crippen LogP contribution is -2.18. The van der Waals surface area contributed by atoms with Crippen molar-refractivity contribution in [2.24, 2.45) is 0 Å². The lowest BCUT2D eigenvalue weighted by Gasteiger charge is -2.31. The molecule has 0 N–H and O–H groups in total. The molecule has 0 atom stereocenters. The molecule has 1 nitrogen and oxygen atoms in total. The molecule has 2 aliphatic carbocycles. The maximum Gasteiger partial charge on any atom is 0.0546 e. The Morgan fingerprint density at radius 3 is 1.00 bits per heavy atom. The molecule has 0 saturated heterocycles. The number of anilines is 3. The van der Waals surface area contributed by atoms with Crippen LogP contribution in [0.1, 0.15) is 49.9 Å². The summed E-state index contributed by atoms with van der Waals surface area (Å²) in [6.45, 7) is 9.53. The maximum atomic E-state index is 2.56. The molecule has 0 fully saturated rings. The molecule has 2 aliphatic rings. The zero-order chi connectivity index (χ0) is 41.0. The van der Waals surface area contributed by atoms with Crippen LogP contribution >= 0.6 is 0 Å². The Kier molecular flexibility index (Phi) is 7.69. The number of hydrogen-bond donors (Lipinski definition) is 0. The summed E-state index contributed by atoms with van der Waals surface area (Å²) in [5, 5.41) is 12.2. The van der Waals surface area contributed by atoms with E-state index in [2.05, 4.69) is 233 Å². The van der Waals surface area contributed by atoms with E-state index >= 15 is 0 Å². The van der Waals surface area contributed by atoms with Gasteiger partial charge in [-0.1, -0.05) is 198 Å². The van der Waals surface area contributed by atoms with Crippen LogP contribution in [-0.2, 0) is 10.8 Å². The summed E-state index contributed by atoms with van der Waals surface area (Å²) >= 11 is 0. The van der Waals surface area contributed by atoms with Gasteiger partial charge in [0.25, 0.3) is 0 Å². The Morgan fingerprint density at radius 2 is 0.590 bits per heavy atom. The third-order valence-corrected chi connectivity index (χ3v) is 14.1. The van der Waals surface area contributed by atoms with E-state index in [9.17, 15) is 0 Å². The van der Waals surface area contributed by atoms with E-state index in [4.69, 9.17) is 0 Å². The second-order valence-corrected chi connectivity index (χ2v) is 18.0. The molecule has 1 heteroatoms. The highest BCUT2D eigenvalue weighted by Gasteiger charge is 2.38. The van der Waals surface area contributed by atoms with Crippen LogP contribution in [0, 0.1) is 0 Å². The molecule has 0 radical (unpaired) electrons. The molecule has 0 heterocycles. The second-order valence-electron chi connectivity index (χ2n) is 18.0. The van der Waals surface area contributed by atoms with Crippen molar-refractivity contribution >= 4 is 70.9 Å². The molecule has 0 saturated carbocycles. The minimum atomic E-state index is -0.153. The summed E-state index contributed by atoms with van der Waals surface area (Å²) in [7, 11) is 0. The summed E-state index contributed by atoms with van der Waals surface area (Å²) in [5.74, 6) is 0. The molecule has 10 aromatic rings. The Morgan fingerprint density at radius 1 is 0.279 bits per heavy atom. The van der Waals surface area contributed by atoms with Crippen molar-refractivity contribution in [1.82, 2.24) is 0 Å². The fraction of sp³-hybridized carbons (Fsp3) is 0.100. The van der Waals surface area contributed by atoms with Crippen LogP contribution in [0.3, 0.4) is 0 Å². The normalized spacial score (nSPS) is 14.2. The first-order chi connectivity index (χ1) is 29.8. The number of nitrogens with zero attached hydrogens (tertiary/aromatic N) is 1. The van der Waals surface area contributed by atoms with Gasteiger partial charge in [-0.05, 0) is 123 Å². The summed E-state index contributed by atoms with van der Waals surface area (Å²) < 4.78 is 0. The van der Waals surface area contributed by atoms with Crippen LogP contribution in [0.25, 0.3) is 76.1 Å². The monoisotopic (exact) mass is 779 g/mol. The lowest BCUT2D eigenvalue weighted by molar-refractivity contribution is 0.660. The fourth-order valence-electron chi connectivity index (χ4n) is 11.1. The van der Waals surface area contributed by atoms with Gasteiger partial charge in [0, 0.05) is 27.6 Å². The first kappa shape index (κ1) is 35.7. The van der Waals surface area contributed by atoms with Gasteiger partial charge in [-0.3, -0.25) is 0 Å². The lowest BCUT2D eigenvalue weighted by atomic mass is 9.82. The molecule has 0 amide bonds. The fourth-order valence-corrected chi connectivity index (χ4v) is 11.1. The Balaban J connectivity index is 1.26. The molecule has 0 unspecified atom stereocenters. The van der Waals surface area contributed by atoms with Gasteiger partial charge in [0.05, 0.1) is 5.69 Å². The molecular formula is C60H45N. The van der Waals surface area contributed by atoms with E-state index in [1.165, 1.54) is 98.4 Å². The third kappa shape index (κ3) is 5.14. The Labute approximate surface area is 357 Å². The van der Waals surface area contributed by atoms with E-state index in [0.29, 0.717) is 0 Å². The molecule has 61 heavy (non-hydrogen) atoms. The molecular weight excluding hydrogens is 735 g/mol. The molecule has 0 bridgehead atoms. The predicted molar refractivity (Wildman–Crippen MR) is 261 cm³/mol. The number of fused-ring (bicyclic) bond motifs is 16. The van der Waals surface area contributed by atoms with E-state index in [0.717, 1.165) is 17.1 Å². The number of rotatable bonds is 3. The second kappa shape index (κ2) is 13.1. The Bertz CT molecular complexity index is 3360. The zero-order valence-corrected chi connectivity index (χ0v) is 35.0. The van der Waals surface area contributed by atoms with Crippen molar-refractivity contribution in [2.45, 2.75) is 38.5 Å². The van der Waals surface area contributed by atoms with Crippen LogP contribution in [0.5, 0.6) is 0 Å². The van der Waals surface area contributed by atoms with Gasteiger partial charge in [-0.25, -0.2) is 0 Å². The summed E-state index contributed by atoms with van der Waals surface area (Å²) in [4.78, 5) is 2.56. The Hall–Kier alpha value is -7.22. The maximum absolute atomic E-state index is 2.56.